The van der Waals surface area contributed by atoms with E-state index in [0.29, 0.717) is 24.2 Å². The van der Waals surface area contributed by atoms with E-state index in [4.69, 9.17) is 4.74 Å². The van der Waals surface area contributed by atoms with E-state index in [9.17, 15) is 18.0 Å². The molecule has 0 unspecified atom stereocenters. The Balaban J connectivity index is 2.07. The normalized spacial score (nSPS) is 11.1. The fraction of sp³-hybridized carbons (Fsp3) is 0.235. The van der Waals surface area contributed by atoms with Gasteiger partial charge in [-0.05, 0) is 48.7 Å². The van der Waals surface area contributed by atoms with Crippen LogP contribution < -0.4 is 4.74 Å². The summed E-state index contributed by atoms with van der Waals surface area (Å²) >= 11 is 0. The van der Waals surface area contributed by atoms with Crippen LogP contribution in [0.5, 0.6) is 5.75 Å². The molecule has 0 saturated carbocycles. The van der Waals surface area contributed by atoms with Gasteiger partial charge in [-0.3, -0.25) is 0 Å². The summed E-state index contributed by atoms with van der Waals surface area (Å²) in [6.07, 6.45) is -4.28. The Kier molecular flexibility index (Phi) is 5.26. The first-order valence-corrected chi connectivity index (χ1v) is 6.98. The van der Waals surface area contributed by atoms with Gasteiger partial charge in [-0.25, -0.2) is 4.79 Å². The second kappa shape index (κ2) is 7.17. The first-order valence-electron chi connectivity index (χ1n) is 6.98. The van der Waals surface area contributed by atoms with Crippen molar-refractivity contribution in [2.75, 3.05) is 6.61 Å². The van der Waals surface area contributed by atoms with Gasteiger partial charge in [0.15, 0.2) is 0 Å². The average Bonchev–Trinajstić information content (AvgIpc) is 2.47. The highest BCUT2D eigenvalue weighted by Crippen LogP contribution is 2.24. The number of halogens is 3. The van der Waals surface area contributed by atoms with Gasteiger partial charge in [0.2, 0.25) is 0 Å². The van der Waals surface area contributed by atoms with Crippen LogP contribution in [0.15, 0.2) is 48.5 Å². The second-order valence-corrected chi connectivity index (χ2v) is 4.79. The number of ether oxygens (including phenoxy) is 2. The molecule has 0 heterocycles. The van der Waals surface area contributed by atoms with Gasteiger partial charge in [0.25, 0.3) is 0 Å². The number of alkyl halides is 3. The highest BCUT2D eigenvalue weighted by Gasteiger charge is 2.31. The molecule has 0 aliphatic carbocycles. The SMILES string of the molecule is CCOC(=O)c1ccc(Cc2cccc(OC(F)(F)F)c2)cc1. The van der Waals surface area contributed by atoms with E-state index >= 15 is 0 Å². The molecule has 0 spiro atoms. The van der Waals surface area contributed by atoms with Crippen LogP contribution in [0, 0.1) is 0 Å². The van der Waals surface area contributed by atoms with Crippen molar-refractivity contribution in [3.63, 3.8) is 0 Å². The minimum Gasteiger partial charge on any atom is -0.462 e. The first-order chi connectivity index (χ1) is 10.9. The van der Waals surface area contributed by atoms with Crippen LogP contribution in [-0.4, -0.2) is 18.9 Å². The summed E-state index contributed by atoms with van der Waals surface area (Å²) < 4.78 is 45.4. The highest BCUT2D eigenvalue weighted by atomic mass is 19.4. The van der Waals surface area contributed by atoms with Crippen molar-refractivity contribution in [1.82, 2.24) is 0 Å². The molecule has 2 aromatic rings. The minimum atomic E-state index is -4.71. The summed E-state index contributed by atoms with van der Waals surface area (Å²) in [5, 5.41) is 0. The molecule has 0 atom stereocenters. The van der Waals surface area contributed by atoms with E-state index in [2.05, 4.69) is 4.74 Å². The van der Waals surface area contributed by atoms with Gasteiger partial charge in [0, 0.05) is 0 Å². The van der Waals surface area contributed by atoms with E-state index in [1.165, 1.54) is 18.2 Å². The number of rotatable bonds is 5. The van der Waals surface area contributed by atoms with Crippen LogP contribution >= 0.6 is 0 Å². The molecule has 0 radical (unpaired) electrons. The maximum atomic E-state index is 12.2. The van der Waals surface area contributed by atoms with Crippen molar-refractivity contribution in [1.29, 1.82) is 0 Å². The third-order valence-electron chi connectivity index (χ3n) is 3.01. The van der Waals surface area contributed by atoms with Gasteiger partial charge < -0.3 is 9.47 Å². The largest absolute Gasteiger partial charge is 0.573 e. The van der Waals surface area contributed by atoms with Gasteiger partial charge in [-0.1, -0.05) is 24.3 Å². The number of carbonyl (C=O) groups is 1. The van der Waals surface area contributed by atoms with E-state index in [0.717, 1.165) is 5.56 Å². The fourth-order valence-electron chi connectivity index (χ4n) is 2.06. The Bertz CT molecular complexity index is 664. The molecule has 0 aliphatic heterocycles. The number of benzene rings is 2. The summed E-state index contributed by atoms with van der Waals surface area (Å²) in [6, 6.07) is 12.5. The average molecular weight is 324 g/mol. The topological polar surface area (TPSA) is 35.5 Å². The molecule has 0 aliphatic rings. The standard InChI is InChI=1S/C17H15F3O3/c1-2-22-16(21)14-8-6-12(7-9-14)10-13-4-3-5-15(11-13)23-17(18,19)20/h3-9,11H,2,10H2,1H3. The van der Waals surface area contributed by atoms with Gasteiger partial charge >= 0.3 is 12.3 Å². The minimum absolute atomic E-state index is 0.252. The van der Waals surface area contributed by atoms with E-state index in [-0.39, 0.29) is 5.75 Å². The van der Waals surface area contributed by atoms with E-state index < -0.39 is 12.3 Å². The number of esters is 1. The lowest BCUT2D eigenvalue weighted by molar-refractivity contribution is -0.274. The molecule has 0 fully saturated rings. The van der Waals surface area contributed by atoms with Crippen molar-refractivity contribution in [2.45, 2.75) is 19.7 Å². The lowest BCUT2D eigenvalue weighted by Crippen LogP contribution is -2.17. The maximum absolute atomic E-state index is 12.2. The zero-order chi connectivity index (χ0) is 16.9. The Morgan fingerprint density at radius 2 is 1.74 bits per heavy atom. The highest BCUT2D eigenvalue weighted by molar-refractivity contribution is 5.89. The Morgan fingerprint density at radius 1 is 1.04 bits per heavy atom. The van der Waals surface area contributed by atoms with Gasteiger partial charge in [0.05, 0.1) is 12.2 Å². The summed E-state index contributed by atoms with van der Waals surface area (Å²) in [6.45, 7) is 2.02. The number of hydrogen-bond acceptors (Lipinski definition) is 3. The predicted molar refractivity (Wildman–Crippen MR) is 78.3 cm³/mol. The first kappa shape index (κ1) is 16.9. The van der Waals surface area contributed by atoms with Gasteiger partial charge in [-0.2, -0.15) is 0 Å². The lowest BCUT2D eigenvalue weighted by Gasteiger charge is -2.10. The van der Waals surface area contributed by atoms with Crippen LogP contribution in [-0.2, 0) is 11.2 Å². The van der Waals surface area contributed by atoms with Crippen molar-refractivity contribution < 1.29 is 27.4 Å². The van der Waals surface area contributed by atoms with Gasteiger partial charge in [0.1, 0.15) is 5.75 Å². The van der Waals surface area contributed by atoms with Gasteiger partial charge in [-0.15, -0.1) is 13.2 Å². The summed E-state index contributed by atoms with van der Waals surface area (Å²) in [7, 11) is 0. The summed E-state index contributed by atoms with van der Waals surface area (Å²) in [5.74, 6) is -0.655. The van der Waals surface area contributed by atoms with Crippen molar-refractivity contribution in [2.24, 2.45) is 0 Å². The molecule has 2 rings (SSSR count). The lowest BCUT2D eigenvalue weighted by atomic mass is 10.0. The van der Waals surface area contributed by atoms with Crippen LogP contribution in [0.3, 0.4) is 0 Å². The second-order valence-electron chi connectivity index (χ2n) is 4.79. The smallest absolute Gasteiger partial charge is 0.462 e. The van der Waals surface area contributed by atoms with Crippen LogP contribution in [0.1, 0.15) is 28.4 Å². The molecular weight excluding hydrogens is 309 g/mol. The van der Waals surface area contributed by atoms with Crippen LogP contribution in [0.4, 0.5) is 13.2 Å². The van der Waals surface area contributed by atoms with E-state index in [1.54, 1.807) is 37.3 Å². The molecular formula is C17H15F3O3. The van der Waals surface area contributed by atoms with Crippen LogP contribution in [0.25, 0.3) is 0 Å². The van der Waals surface area contributed by atoms with E-state index in [1.807, 2.05) is 0 Å². The molecule has 3 nitrogen and oxygen atoms in total. The number of carbonyl (C=O) groups excluding carboxylic acids is 1. The summed E-state index contributed by atoms with van der Waals surface area (Å²) in [4.78, 5) is 11.5. The van der Waals surface area contributed by atoms with Crippen molar-refractivity contribution >= 4 is 5.97 Å². The Hall–Kier alpha value is -2.50. The maximum Gasteiger partial charge on any atom is 0.573 e. The predicted octanol–water partition coefficient (Wildman–Crippen LogP) is 4.35. The van der Waals surface area contributed by atoms with Crippen LogP contribution in [0.2, 0.25) is 0 Å². The zero-order valence-electron chi connectivity index (χ0n) is 12.4. The zero-order valence-corrected chi connectivity index (χ0v) is 12.4. The summed E-state index contributed by atoms with van der Waals surface area (Å²) in [5.41, 5.74) is 1.97. The molecule has 2 aromatic carbocycles. The van der Waals surface area contributed by atoms with Crippen molar-refractivity contribution in [3.05, 3.63) is 65.2 Å². The third kappa shape index (κ3) is 5.32. The molecule has 0 N–H and O–H groups in total. The Labute approximate surface area is 131 Å². The monoisotopic (exact) mass is 324 g/mol. The molecule has 0 saturated heterocycles. The third-order valence-corrected chi connectivity index (χ3v) is 3.01. The molecule has 122 valence electrons. The molecule has 0 bridgehead atoms. The Morgan fingerprint density at radius 3 is 2.35 bits per heavy atom. The molecule has 0 amide bonds. The molecule has 23 heavy (non-hydrogen) atoms. The van der Waals surface area contributed by atoms with Crippen molar-refractivity contribution in [3.8, 4) is 5.75 Å². The fourth-order valence-corrected chi connectivity index (χ4v) is 2.06. The number of hydrogen-bond donors (Lipinski definition) is 0. The molecule has 6 heteroatoms. The molecule has 0 aromatic heterocycles. The quantitative estimate of drug-likeness (QED) is 0.767.